The Kier molecular flexibility index (Phi) is 7.45. The smallest absolute Gasteiger partial charge is 0.319 e. The number of hydrogen-bond acceptors (Lipinski definition) is 1. The molecule has 0 aliphatic heterocycles. The van der Waals surface area contributed by atoms with E-state index >= 15 is 0 Å². The molecule has 0 bridgehead atoms. The minimum Gasteiger partial charge on any atom is -0.335 e. The van der Waals surface area contributed by atoms with Crippen LogP contribution in [0.2, 0.25) is 5.02 Å². The van der Waals surface area contributed by atoms with E-state index in [4.69, 9.17) is 11.6 Å². The predicted molar refractivity (Wildman–Crippen MR) is 86.4 cm³/mol. The number of carbonyl (C=O) groups is 1. The normalized spacial score (nSPS) is 12.2. The number of amides is 2. The summed E-state index contributed by atoms with van der Waals surface area (Å²) in [6.45, 7) is 6.44. The molecular weight excluding hydrogens is 272 g/mol. The van der Waals surface area contributed by atoms with E-state index < -0.39 is 0 Å². The zero-order valence-electron chi connectivity index (χ0n) is 12.6. The summed E-state index contributed by atoms with van der Waals surface area (Å²) in [6, 6.07) is 7.17. The molecule has 0 aliphatic carbocycles. The minimum atomic E-state index is -0.169. The highest BCUT2D eigenvalue weighted by molar-refractivity contribution is 6.30. The van der Waals surface area contributed by atoms with Crippen LogP contribution in [0.25, 0.3) is 0 Å². The Bertz CT molecular complexity index is 417. The Morgan fingerprint density at radius 2 is 1.90 bits per heavy atom. The molecule has 0 spiro atoms. The number of rotatable bonds is 7. The molecule has 1 aromatic rings. The first kappa shape index (κ1) is 16.8. The van der Waals surface area contributed by atoms with E-state index in [0.717, 1.165) is 25.7 Å². The summed E-state index contributed by atoms with van der Waals surface area (Å²) in [5.41, 5.74) is 0.713. The Labute approximate surface area is 127 Å². The maximum Gasteiger partial charge on any atom is 0.319 e. The first-order valence-corrected chi connectivity index (χ1v) is 7.77. The molecule has 1 atom stereocenters. The Morgan fingerprint density at radius 1 is 1.25 bits per heavy atom. The number of halogens is 1. The van der Waals surface area contributed by atoms with Gasteiger partial charge in [0.15, 0.2) is 0 Å². The van der Waals surface area contributed by atoms with Gasteiger partial charge >= 0.3 is 6.03 Å². The third kappa shape index (κ3) is 5.83. The second-order valence-electron chi connectivity index (χ2n) is 5.23. The van der Waals surface area contributed by atoms with Crippen molar-refractivity contribution < 1.29 is 4.79 Å². The van der Waals surface area contributed by atoms with Gasteiger partial charge in [-0.1, -0.05) is 44.4 Å². The van der Waals surface area contributed by atoms with Crippen LogP contribution in [-0.4, -0.2) is 12.1 Å². The van der Waals surface area contributed by atoms with Crippen molar-refractivity contribution in [2.45, 2.75) is 52.5 Å². The fraction of sp³-hybridized carbons (Fsp3) is 0.562. The van der Waals surface area contributed by atoms with Crippen molar-refractivity contribution in [1.29, 1.82) is 0 Å². The first-order valence-electron chi connectivity index (χ1n) is 7.39. The van der Waals surface area contributed by atoms with Gasteiger partial charge in [-0.25, -0.2) is 4.79 Å². The summed E-state index contributed by atoms with van der Waals surface area (Å²) < 4.78 is 0. The summed E-state index contributed by atoms with van der Waals surface area (Å²) in [6.07, 6.45) is 4.58. The molecule has 0 fully saturated rings. The molecular formula is C16H25ClN2O. The molecule has 0 aliphatic rings. The van der Waals surface area contributed by atoms with Gasteiger partial charge in [0.05, 0.1) is 0 Å². The molecule has 1 unspecified atom stereocenters. The van der Waals surface area contributed by atoms with Gasteiger partial charge in [0.25, 0.3) is 0 Å². The summed E-state index contributed by atoms with van der Waals surface area (Å²) in [4.78, 5) is 12.0. The quantitative estimate of drug-likeness (QED) is 0.725. The third-order valence-corrected chi connectivity index (χ3v) is 3.70. The number of benzene rings is 1. The molecule has 3 nitrogen and oxygen atoms in total. The molecule has 1 aromatic carbocycles. The number of nitrogens with one attached hydrogen (secondary N) is 2. The second kappa shape index (κ2) is 8.85. The molecule has 0 aromatic heterocycles. The van der Waals surface area contributed by atoms with Crippen LogP contribution in [0.3, 0.4) is 0 Å². The van der Waals surface area contributed by atoms with E-state index in [1.54, 1.807) is 12.1 Å². The van der Waals surface area contributed by atoms with Crippen LogP contribution in [0.4, 0.5) is 10.5 Å². The fourth-order valence-electron chi connectivity index (χ4n) is 2.44. The predicted octanol–water partition coefficient (Wildman–Crippen LogP) is 5.07. The van der Waals surface area contributed by atoms with Gasteiger partial charge in [-0.3, -0.25) is 0 Å². The van der Waals surface area contributed by atoms with Crippen LogP contribution in [-0.2, 0) is 0 Å². The molecule has 112 valence electrons. The summed E-state index contributed by atoms with van der Waals surface area (Å²) in [7, 11) is 0. The van der Waals surface area contributed by atoms with Crippen LogP contribution < -0.4 is 10.6 Å². The van der Waals surface area contributed by atoms with Crippen molar-refractivity contribution in [3.8, 4) is 0 Å². The standard InChI is InChI=1S/C16H25ClN2O/c1-4-7-13(8-5-2)12(3)18-16(20)19-15-10-6-9-14(17)11-15/h6,9-13H,4-5,7-8H2,1-3H3,(H2,18,19,20). The lowest BCUT2D eigenvalue weighted by atomic mass is 9.91. The lowest BCUT2D eigenvalue weighted by Crippen LogP contribution is -2.40. The zero-order chi connectivity index (χ0) is 15.0. The summed E-state index contributed by atoms with van der Waals surface area (Å²) in [5.74, 6) is 0.537. The van der Waals surface area contributed by atoms with Crippen LogP contribution >= 0.6 is 11.6 Å². The Hall–Kier alpha value is -1.22. The van der Waals surface area contributed by atoms with E-state index in [9.17, 15) is 4.79 Å². The Balaban J connectivity index is 2.51. The van der Waals surface area contributed by atoms with Crippen LogP contribution in [0.15, 0.2) is 24.3 Å². The number of hydrogen-bond donors (Lipinski definition) is 2. The van der Waals surface area contributed by atoms with Crippen LogP contribution in [0, 0.1) is 5.92 Å². The number of urea groups is 1. The van der Waals surface area contributed by atoms with Crippen molar-refractivity contribution in [1.82, 2.24) is 5.32 Å². The molecule has 2 amide bonds. The maximum absolute atomic E-state index is 12.0. The average molecular weight is 297 g/mol. The van der Waals surface area contributed by atoms with Gasteiger partial charge in [0.2, 0.25) is 0 Å². The van der Waals surface area contributed by atoms with Gasteiger partial charge < -0.3 is 10.6 Å². The molecule has 1 rings (SSSR count). The van der Waals surface area contributed by atoms with E-state index in [-0.39, 0.29) is 12.1 Å². The number of anilines is 1. The highest BCUT2D eigenvalue weighted by Gasteiger charge is 2.17. The first-order chi connectivity index (χ1) is 9.56. The van der Waals surface area contributed by atoms with Crippen molar-refractivity contribution >= 4 is 23.3 Å². The van der Waals surface area contributed by atoms with Gasteiger partial charge in [0.1, 0.15) is 0 Å². The fourth-order valence-corrected chi connectivity index (χ4v) is 2.63. The highest BCUT2D eigenvalue weighted by atomic mass is 35.5. The van der Waals surface area contributed by atoms with Crippen molar-refractivity contribution in [3.05, 3.63) is 29.3 Å². The highest BCUT2D eigenvalue weighted by Crippen LogP contribution is 2.18. The van der Waals surface area contributed by atoms with Gasteiger partial charge in [0, 0.05) is 16.8 Å². The molecule has 0 heterocycles. The molecule has 4 heteroatoms. The van der Waals surface area contributed by atoms with Gasteiger partial charge in [-0.15, -0.1) is 0 Å². The lowest BCUT2D eigenvalue weighted by Gasteiger charge is -2.24. The topological polar surface area (TPSA) is 41.1 Å². The molecule has 0 saturated carbocycles. The second-order valence-corrected chi connectivity index (χ2v) is 5.67. The third-order valence-electron chi connectivity index (χ3n) is 3.47. The summed E-state index contributed by atoms with van der Waals surface area (Å²) >= 11 is 5.90. The van der Waals surface area contributed by atoms with E-state index in [1.807, 2.05) is 12.1 Å². The van der Waals surface area contributed by atoms with Gasteiger partial charge in [-0.05, 0) is 43.9 Å². The van der Waals surface area contributed by atoms with Crippen molar-refractivity contribution in [3.63, 3.8) is 0 Å². The van der Waals surface area contributed by atoms with E-state index in [1.165, 1.54) is 0 Å². The van der Waals surface area contributed by atoms with Crippen molar-refractivity contribution in [2.75, 3.05) is 5.32 Å². The lowest BCUT2D eigenvalue weighted by molar-refractivity contribution is 0.241. The molecule has 2 N–H and O–H groups in total. The average Bonchev–Trinajstić information content (AvgIpc) is 2.38. The SMILES string of the molecule is CCCC(CCC)C(C)NC(=O)Nc1cccc(Cl)c1. The van der Waals surface area contributed by atoms with Crippen LogP contribution in [0.5, 0.6) is 0 Å². The number of carbonyl (C=O) groups excluding carboxylic acids is 1. The van der Waals surface area contributed by atoms with Gasteiger partial charge in [-0.2, -0.15) is 0 Å². The molecule has 20 heavy (non-hydrogen) atoms. The van der Waals surface area contributed by atoms with Crippen LogP contribution in [0.1, 0.15) is 46.5 Å². The summed E-state index contributed by atoms with van der Waals surface area (Å²) in [5, 5.41) is 6.46. The van der Waals surface area contributed by atoms with E-state index in [0.29, 0.717) is 16.6 Å². The minimum absolute atomic E-state index is 0.169. The molecule has 0 saturated heterocycles. The molecule has 0 radical (unpaired) electrons. The largest absolute Gasteiger partial charge is 0.335 e. The maximum atomic E-state index is 12.0. The van der Waals surface area contributed by atoms with E-state index in [2.05, 4.69) is 31.4 Å². The zero-order valence-corrected chi connectivity index (χ0v) is 13.3. The van der Waals surface area contributed by atoms with Crippen molar-refractivity contribution in [2.24, 2.45) is 5.92 Å². The Morgan fingerprint density at radius 3 is 2.45 bits per heavy atom. The monoisotopic (exact) mass is 296 g/mol.